The topological polar surface area (TPSA) is 12.0 Å². The van der Waals surface area contributed by atoms with Gasteiger partial charge in [-0.05, 0) is 62.7 Å². The highest BCUT2D eigenvalue weighted by Gasteiger charge is 2.38. The molecule has 1 aliphatic rings. The zero-order chi connectivity index (χ0) is 12.5. The lowest BCUT2D eigenvalue weighted by atomic mass is 9.89. The summed E-state index contributed by atoms with van der Waals surface area (Å²) in [5.74, 6) is 1.08. The Morgan fingerprint density at radius 2 is 2.18 bits per heavy atom. The van der Waals surface area contributed by atoms with E-state index in [0.717, 1.165) is 11.1 Å². The van der Waals surface area contributed by atoms with E-state index in [2.05, 4.69) is 18.3 Å². The number of nitrogens with one attached hydrogen (secondary N) is 1. The Morgan fingerprint density at radius 1 is 1.41 bits per heavy atom. The fraction of sp³-hybridized carbons (Fsp3) is 0.571. The van der Waals surface area contributed by atoms with Crippen LogP contribution in [0.25, 0.3) is 0 Å². The van der Waals surface area contributed by atoms with Crippen LogP contribution in [0.4, 0.5) is 4.39 Å². The molecule has 3 heteroatoms. The molecule has 94 valence electrons. The van der Waals surface area contributed by atoms with Crippen LogP contribution in [0.2, 0.25) is 0 Å². The highest BCUT2D eigenvalue weighted by Crippen LogP contribution is 2.46. The summed E-state index contributed by atoms with van der Waals surface area (Å²) < 4.78 is 13.7. The van der Waals surface area contributed by atoms with Gasteiger partial charge in [0.1, 0.15) is 5.82 Å². The number of halogens is 1. The molecule has 0 amide bonds. The van der Waals surface area contributed by atoms with Crippen LogP contribution in [-0.4, -0.2) is 17.5 Å². The van der Waals surface area contributed by atoms with Crippen LogP contribution in [0.1, 0.15) is 36.9 Å². The zero-order valence-corrected chi connectivity index (χ0v) is 11.5. The molecule has 0 bridgehead atoms. The van der Waals surface area contributed by atoms with Gasteiger partial charge in [0.2, 0.25) is 0 Å². The van der Waals surface area contributed by atoms with Crippen molar-refractivity contribution in [3.8, 4) is 0 Å². The molecule has 0 saturated carbocycles. The number of benzene rings is 1. The van der Waals surface area contributed by atoms with E-state index in [0.29, 0.717) is 0 Å². The van der Waals surface area contributed by atoms with E-state index in [9.17, 15) is 4.39 Å². The standard InChI is InChI=1S/C14H20FNS/c1-10-7-11(9-12(15)8-10)13(16-3)14(2)5-4-6-17-14/h7-9,13,16H,4-6H2,1-3H3. The largest absolute Gasteiger partial charge is 0.312 e. The Hall–Kier alpha value is -0.540. The van der Waals surface area contributed by atoms with E-state index in [1.54, 1.807) is 12.1 Å². The molecule has 1 N–H and O–H groups in total. The van der Waals surface area contributed by atoms with Crippen molar-refractivity contribution in [3.05, 3.63) is 35.1 Å². The summed E-state index contributed by atoms with van der Waals surface area (Å²) >= 11 is 2.00. The highest BCUT2D eigenvalue weighted by atomic mass is 32.2. The average Bonchev–Trinajstić information content (AvgIpc) is 2.65. The molecular formula is C14H20FNS. The Labute approximate surface area is 107 Å². The van der Waals surface area contributed by atoms with Crippen molar-refractivity contribution in [1.29, 1.82) is 0 Å². The van der Waals surface area contributed by atoms with Crippen molar-refractivity contribution in [2.75, 3.05) is 12.8 Å². The molecule has 1 nitrogen and oxygen atoms in total. The van der Waals surface area contributed by atoms with E-state index in [1.807, 2.05) is 25.7 Å². The predicted molar refractivity (Wildman–Crippen MR) is 73.0 cm³/mol. The van der Waals surface area contributed by atoms with Crippen LogP contribution < -0.4 is 5.32 Å². The van der Waals surface area contributed by atoms with Gasteiger partial charge >= 0.3 is 0 Å². The van der Waals surface area contributed by atoms with Crippen LogP contribution >= 0.6 is 11.8 Å². The van der Waals surface area contributed by atoms with Crippen molar-refractivity contribution in [2.45, 2.75) is 37.5 Å². The van der Waals surface area contributed by atoms with Gasteiger partial charge in [-0.15, -0.1) is 0 Å². The van der Waals surface area contributed by atoms with Crippen molar-refractivity contribution in [2.24, 2.45) is 0 Å². The molecule has 0 aliphatic carbocycles. The fourth-order valence-electron chi connectivity index (χ4n) is 2.78. The van der Waals surface area contributed by atoms with Crippen LogP contribution in [0.3, 0.4) is 0 Å². The highest BCUT2D eigenvalue weighted by molar-refractivity contribution is 8.00. The summed E-state index contributed by atoms with van der Waals surface area (Å²) in [6.45, 7) is 4.23. The molecule has 1 aromatic rings. The average molecular weight is 253 g/mol. The van der Waals surface area contributed by atoms with E-state index >= 15 is 0 Å². The Balaban J connectivity index is 2.34. The van der Waals surface area contributed by atoms with Gasteiger partial charge in [-0.3, -0.25) is 0 Å². The molecule has 1 aliphatic heterocycles. The molecule has 17 heavy (non-hydrogen) atoms. The Kier molecular flexibility index (Phi) is 3.79. The number of aryl methyl sites for hydroxylation is 1. The van der Waals surface area contributed by atoms with Gasteiger partial charge in [0, 0.05) is 10.8 Å². The molecule has 2 unspecified atom stereocenters. The SMILES string of the molecule is CNC(c1cc(C)cc(F)c1)C1(C)CCCS1. The number of rotatable bonds is 3. The Morgan fingerprint density at radius 3 is 2.71 bits per heavy atom. The van der Waals surface area contributed by atoms with E-state index in [-0.39, 0.29) is 16.6 Å². The number of hydrogen-bond donors (Lipinski definition) is 1. The minimum Gasteiger partial charge on any atom is -0.312 e. The van der Waals surface area contributed by atoms with Crippen LogP contribution in [-0.2, 0) is 0 Å². The van der Waals surface area contributed by atoms with E-state index in [4.69, 9.17) is 0 Å². The lowest BCUT2D eigenvalue weighted by Crippen LogP contribution is -2.35. The summed E-state index contributed by atoms with van der Waals surface area (Å²) in [6.07, 6.45) is 2.45. The quantitative estimate of drug-likeness (QED) is 0.882. The summed E-state index contributed by atoms with van der Waals surface area (Å²) in [6, 6.07) is 5.57. The predicted octanol–water partition coefficient (Wildman–Crippen LogP) is 3.68. The number of hydrogen-bond acceptors (Lipinski definition) is 2. The van der Waals surface area contributed by atoms with Crippen molar-refractivity contribution >= 4 is 11.8 Å². The molecule has 0 radical (unpaired) electrons. The third kappa shape index (κ3) is 2.66. The summed E-state index contributed by atoms with van der Waals surface area (Å²) in [5.41, 5.74) is 2.06. The third-order valence-corrected chi connectivity index (χ3v) is 5.14. The maximum atomic E-state index is 13.5. The third-order valence-electron chi connectivity index (χ3n) is 3.55. The first-order valence-electron chi connectivity index (χ1n) is 6.13. The lowest BCUT2D eigenvalue weighted by Gasteiger charge is -2.33. The number of thioether (sulfide) groups is 1. The first-order chi connectivity index (χ1) is 8.05. The molecule has 1 aromatic carbocycles. The van der Waals surface area contributed by atoms with Gasteiger partial charge in [-0.2, -0.15) is 11.8 Å². The van der Waals surface area contributed by atoms with Gasteiger partial charge in [-0.25, -0.2) is 4.39 Å². The maximum absolute atomic E-state index is 13.5. The molecule has 1 fully saturated rings. The van der Waals surface area contributed by atoms with Gasteiger partial charge in [-0.1, -0.05) is 6.07 Å². The second-order valence-electron chi connectivity index (χ2n) is 5.05. The van der Waals surface area contributed by atoms with Crippen LogP contribution in [0.15, 0.2) is 18.2 Å². The molecule has 2 rings (SSSR count). The molecular weight excluding hydrogens is 233 g/mol. The van der Waals surface area contributed by atoms with Gasteiger partial charge < -0.3 is 5.32 Å². The van der Waals surface area contributed by atoms with Crippen molar-refractivity contribution in [1.82, 2.24) is 5.32 Å². The van der Waals surface area contributed by atoms with Crippen LogP contribution in [0, 0.1) is 12.7 Å². The smallest absolute Gasteiger partial charge is 0.123 e. The molecule has 1 saturated heterocycles. The molecule has 1 heterocycles. The summed E-state index contributed by atoms with van der Waals surface area (Å²) in [7, 11) is 1.97. The second kappa shape index (κ2) is 4.99. The van der Waals surface area contributed by atoms with Crippen molar-refractivity contribution in [3.63, 3.8) is 0 Å². The zero-order valence-electron chi connectivity index (χ0n) is 10.7. The summed E-state index contributed by atoms with van der Waals surface area (Å²) in [4.78, 5) is 0. The monoisotopic (exact) mass is 253 g/mol. The van der Waals surface area contributed by atoms with Crippen LogP contribution in [0.5, 0.6) is 0 Å². The molecule has 0 spiro atoms. The van der Waals surface area contributed by atoms with Gasteiger partial charge in [0.25, 0.3) is 0 Å². The minimum absolute atomic E-state index is 0.133. The Bertz CT molecular complexity index is 379. The molecule has 0 aromatic heterocycles. The second-order valence-corrected chi connectivity index (χ2v) is 6.68. The van der Waals surface area contributed by atoms with E-state index in [1.165, 1.54) is 18.6 Å². The van der Waals surface area contributed by atoms with Crippen molar-refractivity contribution < 1.29 is 4.39 Å². The van der Waals surface area contributed by atoms with Gasteiger partial charge in [0.15, 0.2) is 0 Å². The minimum atomic E-state index is -0.133. The lowest BCUT2D eigenvalue weighted by molar-refractivity contribution is 0.438. The first-order valence-corrected chi connectivity index (χ1v) is 7.12. The van der Waals surface area contributed by atoms with E-state index < -0.39 is 0 Å². The normalized spacial score (nSPS) is 26.1. The fourth-order valence-corrected chi connectivity index (χ4v) is 4.25. The first kappa shape index (κ1) is 12.9. The maximum Gasteiger partial charge on any atom is 0.123 e. The molecule has 2 atom stereocenters. The van der Waals surface area contributed by atoms with Gasteiger partial charge in [0.05, 0.1) is 0 Å². The summed E-state index contributed by atoms with van der Waals surface area (Å²) in [5, 5.41) is 3.37.